The first-order valence-electron chi connectivity index (χ1n) is 7.13. The molecule has 0 aromatic heterocycles. The summed E-state index contributed by atoms with van der Waals surface area (Å²) in [5, 5.41) is 9.02. The average Bonchev–Trinajstić information content (AvgIpc) is 2.64. The molecule has 1 heterocycles. The molecule has 1 saturated heterocycles. The number of aliphatic hydroxyl groups is 1. The number of anilines is 1. The van der Waals surface area contributed by atoms with Gasteiger partial charge in [0.15, 0.2) is 0 Å². The van der Waals surface area contributed by atoms with E-state index in [0.29, 0.717) is 6.04 Å². The van der Waals surface area contributed by atoms with E-state index in [2.05, 4.69) is 28.9 Å². The summed E-state index contributed by atoms with van der Waals surface area (Å²) in [4.78, 5) is 4.85. The standard InChI is InChI=1S/C15H25N3O/c1-13(14-4-2-5-15(16)12-14)18-7-3-6-17(8-9-18)10-11-19/h2,4-5,12-13,19H,3,6-11,16H2,1H3. The third-order valence-corrected chi connectivity index (χ3v) is 3.98. The summed E-state index contributed by atoms with van der Waals surface area (Å²) in [6.45, 7) is 7.57. The van der Waals surface area contributed by atoms with Crippen LogP contribution in [0.1, 0.15) is 24.9 Å². The minimum absolute atomic E-state index is 0.255. The Morgan fingerprint density at radius 3 is 2.84 bits per heavy atom. The Balaban J connectivity index is 1.97. The van der Waals surface area contributed by atoms with E-state index in [0.717, 1.165) is 44.8 Å². The quantitative estimate of drug-likeness (QED) is 0.805. The van der Waals surface area contributed by atoms with Crippen molar-refractivity contribution in [2.45, 2.75) is 19.4 Å². The molecule has 1 atom stereocenters. The van der Waals surface area contributed by atoms with Crippen molar-refractivity contribution in [3.8, 4) is 0 Å². The van der Waals surface area contributed by atoms with Crippen LogP contribution in [0.4, 0.5) is 5.69 Å². The molecule has 0 saturated carbocycles. The van der Waals surface area contributed by atoms with E-state index in [1.165, 1.54) is 5.56 Å². The second-order valence-electron chi connectivity index (χ2n) is 5.30. The average molecular weight is 263 g/mol. The fourth-order valence-electron chi connectivity index (χ4n) is 2.77. The zero-order chi connectivity index (χ0) is 13.7. The van der Waals surface area contributed by atoms with Gasteiger partial charge in [-0.15, -0.1) is 0 Å². The van der Waals surface area contributed by atoms with E-state index < -0.39 is 0 Å². The van der Waals surface area contributed by atoms with Crippen molar-refractivity contribution in [2.24, 2.45) is 0 Å². The molecule has 0 spiro atoms. The van der Waals surface area contributed by atoms with E-state index >= 15 is 0 Å². The summed E-state index contributed by atoms with van der Waals surface area (Å²) in [6.07, 6.45) is 1.16. The van der Waals surface area contributed by atoms with E-state index in [1.54, 1.807) is 0 Å². The van der Waals surface area contributed by atoms with Gasteiger partial charge < -0.3 is 10.8 Å². The summed E-state index contributed by atoms with van der Waals surface area (Å²) >= 11 is 0. The van der Waals surface area contributed by atoms with Crippen molar-refractivity contribution in [3.05, 3.63) is 29.8 Å². The van der Waals surface area contributed by atoms with Gasteiger partial charge in [0, 0.05) is 37.9 Å². The highest BCUT2D eigenvalue weighted by Gasteiger charge is 2.19. The molecule has 4 nitrogen and oxygen atoms in total. The fraction of sp³-hybridized carbons (Fsp3) is 0.600. The maximum Gasteiger partial charge on any atom is 0.0558 e. The number of nitrogen functional groups attached to an aromatic ring is 1. The third-order valence-electron chi connectivity index (χ3n) is 3.98. The Kier molecular flexibility index (Phi) is 5.19. The highest BCUT2D eigenvalue weighted by molar-refractivity contribution is 5.41. The maximum atomic E-state index is 9.02. The molecule has 0 aliphatic carbocycles. The van der Waals surface area contributed by atoms with Gasteiger partial charge in [-0.05, 0) is 37.6 Å². The SMILES string of the molecule is CC(c1cccc(N)c1)N1CCCN(CCO)CC1. The molecule has 1 fully saturated rings. The molecular formula is C15H25N3O. The first-order chi connectivity index (χ1) is 9.20. The molecule has 106 valence electrons. The first-order valence-corrected chi connectivity index (χ1v) is 7.13. The van der Waals surface area contributed by atoms with Crippen LogP contribution in [0.15, 0.2) is 24.3 Å². The van der Waals surface area contributed by atoms with E-state index in [4.69, 9.17) is 10.8 Å². The fourth-order valence-corrected chi connectivity index (χ4v) is 2.77. The molecule has 1 aromatic carbocycles. The number of hydrogen-bond acceptors (Lipinski definition) is 4. The lowest BCUT2D eigenvalue weighted by Crippen LogP contribution is -2.33. The summed E-state index contributed by atoms with van der Waals surface area (Å²) in [6, 6.07) is 8.58. The molecule has 0 radical (unpaired) electrons. The second-order valence-corrected chi connectivity index (χ2v) is 5.30. The number of nitrogens with zero attached hydrogens (tertiary/aromatic N) is 2. The van der Waals surface area contributed by atoms with Crippen LogP contribution in [0.2, 0.25) is 0 Å². The normalized spacial score (nSPS) is 20.1. The molecule has 3 N–H and O–H groups in total. The summed E-state index contributed by atoms with van der Waals surface area (Å²) in [5.74, 6) is 0. The number of β-amino-alcohol motifs (C(OH)–C–C–N with tert-alkyl or cyclic N) is 1. The number of nitrogens with two attached hydrogens (primary N) is 1. The van der Waals surface area contributed by atoms with Crippen LogP contribution in [-0.2, 0) is 0 Å². The lowest BCUT2D eigenvalue weighted by molar-refractivity contribution is 0.186. The number of rotatable bonds is 4. The van der Waals surface area contributed by atoms with Crippen LogP contribution in [0.5, 0.6) is 0 Å². The number of benzene rings is 1. The summed E-state index contributed by atoms with van der Waals surface area (Å²) in [7, 11) is 0. The molecule has 0 amide bonds. The van der Waals surface area contributed by atoms with Gasteiger partial charge in [-0.3, -0.25) is 9.80 Å². The Morgan fingerprint density at radius 1 is 1.26 bits per heavy atom. The minimum Gasteiger partial charge on any atom is -0.399 e. The molecule has 2 rings (SSSR count). The molecule has 1 aliphatic rings. The van der Waals surface area contributed by atoms with E-state index in [1.807, 2.05) is 12.1 Å². The molecular weight excluding hydrogens is 238 g/mol. The van der Waals surface area contributed by atoms with Crippen LogP contribution >= 0.6 is 0 Å². The van der Waals surface area contributed by atoms with E-state index in [9.17, 15) is 0 Å². The van der Waals surface area contributed by atoms with E-state index in [-0.39, 0.29) is 6.61 Å². The van der Waals surface area contributed by atoms with Gasteiger partial charge in [-0.25, -0.2) is 0 Å². The van der Waals surface area contributed by atoms with Gasteiger partial charge in [-0.1, -0.05) is 12.1 Å². The van der Waals surface area contributed by atoms with Gasteiger partial charge in [0.25, 0.3) is 0 Å². The van der Waals surface area contributed by atoms with Crippen LogP contribution in [0.3, 0.4) is 0 Å². The van der Waals surface area contributed by atoms with Crippen LogP contribution in [-0.4, -0.2) is 54.2 Å². The summed E-state index contributed by atoms with van der Waals surface area (Å²) < 4.78 is 0. The molecule has 1 unspecified atom stereocenters. The lowest BCUT2D eigenvalue weighted by Gasteiger charge is -2.28. The molecule has 19 heavy (non-hydrogen) atoms. The largest absolute Gasteiger partial charge is 0.399 e. The van der Waals surface area contributed by atoms with Crippen molar-refractivity contribution in [2.75, 3.05) is 45.1 Å². The van der Waals surface area contributed by atoms with Crippen LogP contribution in [0, 0.1) is 0 Å². The second kappa shape index (κ2) is 6.89. The number of hydrogen-bond donors (Lipinski definition) is 2. The maximum absolute atomic E-state index is 9.02. The van der Waals surface area contributed by atoms with Crippen LogP contribution < -0.4 is 5.73 Å². The predicted molar refractivity (Wildman–Crippen MR) is 79.0 cm³/mol. The zero-order valence-electron chi connectivity index (χ0n) is 11.8. The predicted octanol–water partition coefficient (Wildman–Crippen LogP) is 1.33. The Morgan fingerprint density at radius 2 is 2.11 bits per heavy atom. The Hall–Kier alpha value is -1.10. The van der Waals surface area contributed by atoms with Gasteiger partial charge in [0.2, 0.25) is 0 Å². The Bertz CT molecular complexity index is 397. The Labute approximate surface area is 115 Å². The lowest BCUT2D eigenvalue weighted by atomic mass is 10.1. The topological polar surface area (TPSA) is 52.7 Å². The smallest absolute Gasteiger partial charge is 0.0558 e. The molecule has 1 aliphatic heterocycles. The van der Waals surface area contributed by atoms with Crippen molar-refractivity contribution < 1.29 is 5.11 Å². The van der Waals surface area contributed by atoms with Gasteiger partial charge >= 0.3 is 0 Å². The van der Waals surface area contributed by atoms with Gasteiger partial charge in [0.05, 0.1) is 6.61 Å². The minimum atomic E-state index is 0.255. The van der Waals surface area contributed by atoms with Crippen LogP contribution in [0.25, 0.3) is 0 Å². The van der Waals surface area contributed by atoms with Gasteiger partial charge in [0.1, 0.15) is 0 Å². The molecule has 0 bridgehead atoms. The zero-order valence-corrected chi connectivity index (χ0v) is 11.8. The molecule has 1 aromatic rings. The molecule has 4 heteroatoms. The first kappa shape index (κ1) is 14.3. The van der Waals surface area contributed by atoms with Gasteiger partial charge in [-0.2, -0.15) is 0 Å². The third kappa shape index (κ3) is 3.93. The summed E-state index contributed by atoms with van der Waals surface area (Å²) in [5.41, 5.74) is 7.99. The number of aliphatic hydroxyl groups excluding tert-OH is 1. The van der Waals surface area contributed by atoms with Crippen molar-refractivity contribution in [3.63, 3.8) is 0 Å². The van der Waals surface area contributed by atoms with Crippen molar-refractivity contribution in [1.82, 2.24) is 9.80 Å². The van der Waals surface area contributed by atoms with Crippen molar-refractivity contribution in [1.29, 1.82) is 0 Å². The highest BCUT2D eigenvalue weighted by Crippen LogP contribution is 2.23. The highest BCUT2D eigenvalue weighted by atomic mass is 16.3. The van der Waals surface area contributed by atoms with Crippen molar-refractivity contribution >= 4 is 5.69 Å². The monoisotopic (exact) mass is 263 g/mol.